The quantitative estimate of drug-likeness (QED) is 0.802. The number of piperidine rings is 1. The highest BCUT2D eigenvalue weighted by molar-refractivity contribution is 7.89. The maximum Gasteiger partial charge on any atom is 0.246 e. The van der Waals surface area contributed by atoms with Gasteiger partial charge in [0, 0.05) is 24.2 Å². The lowest BCUT2D eigenvalue weighted by molar-refractivity contribution is -0.127. The number of carbonyl (C=O) groups is 1. The smallest absolute Gasteiger partial charge is 0.246 e. The van der Waals surface area contributed by atoms with Gasteiger partial charge in [0.1, 0.15) is 10.6 Å². The van der Waals surface area contributed by atoms with Crippen molar-refractivity contribution in [2.24, 2.45) is 5.92 Å². The van der Waals surface area contributed by atoms with E-state index in [0.717, 1.165) is 25.7 Å². The molecule has 150 valence electrons. The van der Waals surface area contributed by atoms with Crippen LogP contribution in [0.4, 0.5) is 0 Å². The number of nitrogens with zero attached hydrogens (tertiary/aromatic N) is 1. The van der Waals surface area contributed by atoms with E-state index in [4.69, 9.17) is 16.3 Å². The van der Waals surface area contributed by atoms with Gasteiger partial charge >= 0.3 is 0 Å². The molecule has 1 N–H and O–H groups in total. The largest absolute Gasteiger partial charge is 0.495 e. The van der Waals surface area contributed by atoms with Crippen LogP contribution in [0.5, 0.6) is 5.75 Å². The van der Waals surface area contributed by atoms with Crippen molar-refractivity contribution in [3.05, 3.63) is 23.2 Å². The topological polar surface area (TPSA) is 75.7 Å². The third-order valence-corrected chi connectivity index (χ3v) is 7.57. The molecule has 1 saturated carbocycles. The number of nitrogens with one attached hydrogen (secondary N) is 1. The summed E-state index contributed by atoms with van der Waals surface area (Å²) >= 11 is 6.00. The standard InChI is InChI=1S/C19H27ClN2O4S/c1-26-17-10-9-15(20)12-18(17)27(24,25)22-11-5-6-14(13-22)19(23)21-16-7-3-2-4-8-16/h9-10,12,14,16H,2-8,11,13H2,1H3,(H,21,23)/t14-/m0/s1. The fourth-order valence-electron chi connectivity index (χ4n) is 3.93. The van der Waals surface area contributed by atoms with E-state index in [1.807, 2.05) is 0 Å². The zero-order chi connectivity index (χ0) is 19.4. The molecule has 1 aromatic carbocycles. The summed E-state index contributed by atoms with van der Waals surface area (Å²) < 4.78 is 32.9. The van der Waals surface area contributed by atoms with Gasteiger partial charge in [-0.25, -0.2) is 8.42 Å². The van der Waals surface area contributed by atoms with Gasteiger partial charge in [-0.15, -0.1) is 0 Å². The summed E-state index contributed by atoms with van der Waals surface area (Å²) in [5, 5.41) is 3.46. The SMILES string of the molecule is COc1ccc(Cl)cc1S(=O)(=O)N1CCC[C@H](C(=O)NC2CCCCC2)C1. The van der Waals surface area contributed by atoms with E-state index in [0.29, 0.717) is 24.4 Å². The predicted molar refractivity (Wildman–Crippen MR) is 105 cm³/mol. The second-order valence-electron chi connectivity index (χ2n) is 7.34. The van der Waals surface area contributed by atoms with Gasteiger partial charge in [-0.3, -0.25) is 4.79 Å². The zero-order valence-electron chi connectivity index (χ0n) is 15.6. The van der Waals surface area contributed by atoms with Gasteiger partial charge in [0.05, 0.1) is 13.0 Å². The molecule has 6 nitrogen and oxygen atoms in total. The number of halogens is 1. The fourth-order valence-corrected chi connectivity index (χ4v) is 5.87. The lowest BCUT2D eigenvalue weighted by Gasteiger charge is -2.33. The number of carbonyl (C=O) groups excluding carboxylic acids is 1. The van der Waals surface area contributed by atoms with Gasteiger partial charge in [-0.2, -0.15) is 4.31 Å². The number of benzene rings is 1. The molecule has 1 aliphatic carbocycles. The second kappa shape index (κ2) is 8.80. The molecule has 1 amide bonds. The minimum absolute atomic E-state index is 0.0279. The van der Waals surface area contributed by atoms with Gasteiger partial charge in [-0.05, 0) is 43.9 Å². The van der Waals surface area contributed by atoms with Gasteiger partial charge in [0.25, 0.3) is 0 Å². The molecule has 3 rings (SSSR count). The van der Waals surface area contributed by atoms with Gasteiger partial charge in [0.2, 0.25) is 15.9 Å². The number of methoxy groups -OCH3 is 1. The molecule has 0 radical (unpaired) electrons. The molecule has 2 fully saturated rings. The molecule has 1 aromatic rings. The van der Waals surface area contributed by atoms with Crippen molar-refractivity contribution in [2.75, 3.05) is 20.2 Å². The maximum atomic E-state index is 13.1. The van der Waals surface area contributed by atoms with Crippen molar-refractivity contribution in [3.8, 4) is 5.75 Å². The van der Waals surface area contributed by atoms with Crippen LogP contribution in [0.3, 0.4) is 0 Å². The minimum atomic E-state index is -3.78. The second-order valence-corrected chi connectivity index (χ2v) is 9.68. The van der Waals surface area contributed by atoms with Crippen molar-refractivity contribution < 1.29 is 17.9 Å². The average molecular weight is 415 g/mol. The first kappa shape index (κ1) is 20.4. The van der Waals surface area contributed by atoms with Crippen LogP contribution in [0.2, 0.25) is 5.02 Å². The van der Waals surface area contributed by atoms with Crippen LogP contribution in [-0.4, -0.2) is 44.9 Å². The monoisotopic (exact) mass is 414 g/mol. The molecule has 0 bridgehead atoms. The summed E-state index contributed by atoms with van der Waals surface area (Å²) in [7, 11) is -2.35. The van der Waals surface area contributed by atoms with E-state index in [-0.39, 0.29) is 35.1 Å². The van der Waals surface area contributed by atoms with Crippen LogP contribution in [0.1, 0.15) is 44.9 Å². The number of amides is 1. The number of sulfonamides is 1. The highest BCUT2D eigenvalue weighted by Gasteiger charge is 2.35. The molecule has 1 saturated heterocycles. The van der Waals surface area contributed by atoms with Crippen LogP contribution in [0.25, 0.3) is 0 Å². The summed E-state index contributed by atoms with van der Waals surface area (Å²) in [4.78, 5) is 12.7. The Labute approximate surface area is 166 Å². The van der Waals surface area contributed by atoms with E-state index < -0.39 is 10.0 Å². The van der Waals surface area contributed by atoms with E-state index >= 15 is 0 Å². The number of ether oxygens (including phenoxy) is 1. The molecule has 1 aliphatic heterocycles. The Morgan fingerprint density at radius 1 is 1.19 bits per heavy atom. The van der Waals surface area contributed by atoms with Gasteiger partial charge in [0.15, 0.2) is 0 Å². The molecule has 27 heavy (non-hydrogen) atoms. The summed E-state index contributed by atoms with van der Waals surface area (Å²) in [6, 6.07) is 4.77. The summed E-state index contributed by atoms with van der Waals surface area (Å²) in [6.07, 6.45) is 6.90. The number of rotatable bonds is 5. The highest BCUT2D eigenvalue weighted by atomic mass is 35.5. The van der Waals surface area contributed by atoms with Crippen LogP contribution in [0.15, 0.2) is 23.1 Å². The average Bonchev–Trinajstić information content (AvgIpc) is 2.69. The molecular weight excluding hydrogens is 388 g/mol. The first-order chi connectivity index (χ1) is 12.9. The third kappa shape index (κ3) is 4.76. The molecule has 2 aliphatic rings. The molecule has 8 heteroatoms. The maximum absolute atomic E-state index is 13.1. The first-order valence-electron chi connectivity index (χ1n) is 9.56. The normalized spacial score (nSPS) is 22.4. The number of hydrogen-bond donors (Lipinski definition) is 1. The van der Waals surface area contributed by atoms with E-state index in [2.05, 4.69) is 5.32 Å². The molecule has 1 atom stereocenters. The van der Waals surface area contributed by atoms with Crippen molar-refractivity contribution in [2.45, 2.75) is 55.9 Å². The zero-order valence-corrected chi connectivity index (χ0v) is 17.2. The lowest BCUT2D eigenvalue weighted by atomic mass is 9.93. The molecule has 0 unspecified atom stereocenters. The molecule has 0 aromatic heterocycles. The van der Waals surface area contributed by atoms with Crippen molar-refractivity contribution >= 4 is 27.5 Å². The van der Waals surface area contributed by atoms with E-state index in [9.17, 15) is 13.2 Å². The Balaban J connectivity index is 1.73. The first-order valence-corrected chi connectivity index (χ1v) is 11.4. The van der Waals surface area contributed by atoms with E-state index in [1.165, 1.54) is 23.9 Å². The Morgan fingerprint density at radius 2 is 1.93 bits per heavy atom. The van der Waals surface area contributed by atoms with Crippen LogP contribution in [0, 0.1) is 5.92 Å². The Morgan fingerprint density at radius 3 is 2.63 bits per heavy atom. The Kier molecular flexibility index (Phi) is 6.65. The Bertz CT molecular complexity index is 778. The molecule has 0 spiro atoms. The van der Waals surface area contributed by atoms with Gasteiger partial charge in [-0.1, -0.05) is 30.9 Å². The minimum Gasteiger partial charge on any atom is -0.495 e. The van der Waals surface area contributed by atoms with Crippen LogP contribution in [-0.2, 0) is 14.8 Å². The molecule has 1 heterocycles. The summed E-state index contributed by atoms with van der Waals surface area (Å²) in [5.41, 5.74) is 0. The van der Waals surface area contributed by atoms with Gasteiger partial charge < -0.3 is 10.1 Å². The van der Waals surface area contributed by atoms with Crippen LogP contribution >= 0.6 is 11.6 Å². The Hall–Kier alpha value is -1.31. The van der Waals surface area contributed by atoms with Crippen LogP contribution < -0.4 is 10.1 Å². The summed E-state index contributed by atoms with van der Waals surface area (Å²) in [6.45, 7) is 0.585. The molecular formula is C19H27ClN2O4S. The summed E-state index contributed by atoms with van der Waals surface area (Å²) in [5.74, 6) is -0.0892. The lowest BCUT2D eigenvalue weighted by Crippen LogP contribution is -2.47. The fraction of sp³-hybridized carbons (Fsp3) is 0.632. The van der Waals surface area contributed by atoms with Crippen molar-refractivity contribution in [1.29, 1.82) is 0 Å². The highest BCUT2D eigenvalue weighted by Crippen LogP contribution is 2.32. The predicted octanol–water partition coefficient (Wildman–Crippen LogP) is 3.20. The number of hydrogen-bond acceptors (Lipinski definition) is 4. The van der Waals surface area contributed by atoms with Crippen molar-refractivity contribution in [3.63, 3.8) is 0 Å². The third-order valence-electron chi connectivity index (χ3n) is 5.45. The van der Waals surface area contributed by atoms with Crippen molar-refractivity contribution in [1.82, 2.24) is 9.62 Å². The van der Waals surface area contributed by atoms with E-state index in [1.54, 1.807) is 12.1 Å².